The molecule has 0 atom stereocenters. The van der Waals surface area contributed by atoms with Gasteiger partial charge in [0, 0.05) is 7.05 Å². The Morgan fingerprint density at radius 2 is 2.33 bits per heavy atom. The van der Waals surface area contributed by atoms with Gasteiger partial charge < -0.3 is 0 Å². The fourth-order valence-corrected chi connectivity index (χ4v) is 1.37. The first-order chi connectivity index (χ1) is 5.68. The fraction of sp³-hybridized carbons (Fsp3) is 0.200. The largest absolute Gasteiger partial charge is 0.300 e. The lowest BCUT2D eigenvalue weighted by Crippen LogP contribution is -2.10. The Kier molecular flexibility index (Phi) is 1.60. The molecule has 0 fully saturated rings. The van der Waals surface area contributed by atoms with Gasteiger partial charge in [-0.15, -0.1) is 5.10 Å². The minimum absolute atomic E-state index is 0.252. The predicted molar refractivity (Wildman–Crippen MR) is 49.6 cm³/mol. The van der Waals surface area contributed by atoms with Crippen LogP contribution in [-0.4, -0.2) is 25.0 Å². The Labute approximate surface area is 80.1 Å². The molecule has 0 unspecified atom stereocenters. The van der Waals surface area contributed by atoms with Crippen molar-refractivity contribution in [1.82, 2.24) is 25.0 Å². The number of aromatic nitrogens is 5. The highest BCUT2D eigenvalue weighted by molar-refractivity contribution is 14.1. The highest BCUT2D eigenvalue weighted by atomic mass is 127. The molecule has 2 rings (SSSR count). The molecular weight excluding hydrogens is 273 g/mol. The summed E-state index contributed by atoms with van der Waals surface area (Å²) in [5.41, 5.74) is 0.526. The number of halogens is 1. The third-order valence-corrected chi connectivity index (χ3v) is 1.94. The van der Waals surface area contributed by atoms with Gasteiger partial charge >= 0.3 is 0 Å². The molecule has 0 radical (unpaired) electrons. The number of hydrogen-bond acceptors (Lipinski definition) is 4. The van der Waals surface area contributed by atoms with Crippen molar-refractivity contribution in [1.29, 1.82) is 0 Å². The summed E-state index contributed by atoms with van der Waals surface area (Å²) in [6.45, 7) is 0. The molecule has 0 saturated heterocycles. The SMILES string of the molecule is Cn1nnc2c(=O)[nH]c(I)nc21. The Morgan fingerprint density at radius 3 is 3.08 bits per heavy atom. The van der Waals surface area contributed by atoms with Crippen molar-refractivity contribution >= 4 is 33.8 Å². The second-order valence-corrected chi connectivity index (χ2v) is 3.26. The van der Waals surface area contributed by atoms with Gasteiger partial charge in [0.2, 0.25) is 0 Å². The lowest BCUT2D eigenvalue weighted by Gasteiger charge is -1.90. The third-order valence-electron chi connectivity index (χ3n) is 1.43. The zero-order valence-electron chi connectivity index (χ0n) is 6.08. The summed E-state index contributed by atoms with van der Waals surface area (Å²) in [6, 6.07) is 0. The van der Waals surface area contributed by atoms with Crippen LogP contribution in [-0.2, 0) is 7.05 Å². The molecule has 12 heavy (non-hydrogen) atoms. The van der Waals surface area contributed by atoms with E-state index in [0.29, 0.717) is 9.48 Å². The summed E-state index contributed by atoms with van der Waals surface area (Å²) in [7, 11) is 1.69. The summed E-state index contributed by atoms with van der Waals surface area (Å²) < 4.78 is 2.00. The number of H-pyrrole nitrogens is 1. The molecular formula is C5H4IN5O. The van der Waals surface area contributed by atoms with E-state index >= 15 is 0 Å². The van der Waals surface area contributed by atoms with Crippen LogP contribution in [0.4, 0.5) is 0 Å². The Balaban J connectivity index is 3.03. The molecule has 0 aliphatic carbocycles. The van der Waals surface area contributed by atoms with E-state index < -0.39 is 0 Å². The van der Waals surface area contributed by atoms with Gasteiger partial charge in [0.05, 0.1) is 0 Å². The molecule has 0 bridgehead atoms. The first-order valence-corrected chi connectivity index (χ1v) is 4.21. The van der Waals surface area contributed by atoms with Crippen LogP contribution in [0.1, 0.15) is 0 Å². The van der Waals surface area contributed by atoms with Crippen molar-refractivity contribution in [2.45, 2.75) is 0 Å². The smallest absolute Gasteiger partial charge is 0.281 e. The van der Waals surface area contributed by atoms with Gasteiger partial charge in [0.15, 0.2) is 15.0 Å². The van der Waals surface area contributed by atoms with Crippen molar-refractivity contribution in [3.05, 3.63) is 14.2 Å². The van der Waals surface area contributed by atoms with Crippen molar-refractivity contribution in [2.75, 3.05) is 0 Å². The van der Waals surface area contributed by atoms with Crippen LogP contribution in [0.25, 0.3) is 11.2 Å². The van der Waals surface area contributed by atoms with E-state index in [2.05, 4.69) is 20.3 Å². The minimum Gasteiger partial charge on any atom is -0.300 e. The van der Waals surface area contributed by atoms with Gasteiger partial charge in [-0.1, -0.05) is 5.21 Å². The minimum atomic E-state index is -0.252. The van der Waals surface area contributed by atoms with Gasteiger partial charge in [0.1, 0.15) is 0 Å². The molecule has 0 aliphatic heterocycles. The van der Waals surface area contributed by atoms with Crippen molar-refractivity contribution in [2.24, 2.45) is 7.05 Å². The Hall–Kier alpha value is -0.990. The van der Waals surface area contributed by atoms with Gasteiger partial charge in [0.25, 0.3) is 5.56 Å². The van der Waals surface area contributed by atoms with Gasteiger partial charge in [-0.05, 0) is 22.6 Å². The highest BCUT2D eigenvalue weighted by Crippen LogP contribution is 2.01. The summed E-state index contributed by atoms with van der Waals surface area (Å²) in [5, 5.41) is 7.34. The van der Waals surface area contributed by atoms with Gasteiger partial charge in [-0.25, -0.2) is 9.67 Å². The zero-order chi connectivity index (χ0) is 8.72. The Bertz CT molecular complexity index is 486. The van der Waals surface area contributed by atoms with Crippen molar-refractivity contribution < 1.29 is 0 Å². The molecule has 2 aromatic rings. The summed E-state index contributed by atoms with van der Waals surface area (Å²) >= 11 is 1.93. The number of rotatable bonds is 0. The Morgan fingerprint density at radius 1 is 1.58 bits per heavy atom. The summed E-state index contributed by atoms with van der Waals surface area (Å²) in [5.74, 6) is 0. The quantitative estimate of drug-likeness (QED) is 0.528. The summed E-state index contributed by atoms with van der Waals surface area (Å²) in [6.07, 6.45) is 0. The molecule has 0 aliphatic rings. The van der Waals surface area contributed by atoms with Crippen LogP contribution in [0.3, 0.4) is 0 Å². The van der Waals surface area contributed by atoms with Crippen molar-refractivity contribution in [3.8, 4) is 0 Å². The normalized spacial score (nSPS) is 10.8. The van der Waals surface area contributed by atoms with E-state index in [1.165, 1.54) is 4.68 Å². The number of aryl methyl sites for hydroxylation is 1. The summed E-state index contributed by atoms with van der Waals surface area (Å²) in [4.78, 5) is 17.8. The molecule has 6 nitrogen and oxygen atoms in total. The highest BCUT2D eigenvalue weighted by Gasteiger charge is 2.07. The maximum atomic E-state index is 11.2. The number of aromatic amines is 1. The van der Waals surface area contributed by atoms with E-state index in [1.807, 2.05) is 22.6 Å². The third kappa shape index (κ3) is 1.00. The fourth-order valence-electron chi connectivity index (χ4n) is 0.898. The topological polar surface area (TPSA) is 76.5 Å². The van der Waals surface area contributed by atoms with Crippen LogP contribution in [0.15, 0.2) is 4.79 Å². The van der Waals surface area contributed by atoms with E-state index in [1.54, 1.807) is 7.05 Å². The van der Waals surface area contributed by atoms with E-state index in [-0.39, 0.29) is 11.1 Å². The van der Waals surface area contributed by atoms with Crippen LogP contribution in [0, 0.1) is 3.83 Å². The van der Waals surface area contributed by atoms with E-state index in [9.17, 15) is 4.79 Å². The molecule has 0 aromatic carbocycles. The average molecular weight is 277 g/mol. The molecule has 0 spiro atoms. The molecule has 2 heterocycles. The monoisotopic (exact) mass is 277 g/mol. The van der Waals surface area contributed by atoms with E-state index in [4.69, 9.17) is 0 Å². The molecule has 7 heteroatoms. The first kappa shape index (κ1) is 7.65. The number of nitrogens with one attached hydrogen (secondary N) is 1. The molecule has 0 saturated carbocycles. The molecule has 2 aromatic heterocycles. The van der Waals surface area contributed by atoms with E-state index in [0.717, 1.165) is 0 Å². The van der Waals surface area contributed by atoms with Crippen LogP contribution in [0.5, 0.6) is 0 Å². The van der Waals surface area contributed by atoms with Crippen LogP contribution >= 0.6 is 22.6 Å². The maximum Gasteiger partial charge on any atom is 0.281 e. The second-order valence-electron chi connectivity index (χ2n) is 2.24. The molecule has 1 N–H and O–H groups in total. The van der Waals surface area contributed by atoms with Crippen molar-refractivity contribution in [3.63, 3.8) is 0 Å². The lowest BCUT2D eigenvalue weighted by molar-refractivity contribution is 0.729. The number of fused-ring (bicyclic) bond motifs is 1. The van der Waals surface area contributed by atoms with Crippen LogP contribution < -0.4 is 5.56 Å². The number of nitrogens with zero attached hydrogens (tertiary/aromatic N) is 4. The standard InChI is InChI=1S/C5H4IN5O/c1-11-3-2(9-10-11)4(12)8-5(6)7-3/h1H3,(H,7,8,12). The van der Waals surface area contributed by atoms with Gasteiger partial charge in [-0.3, -0.25) is 9.78 Å². The number of hydrogen-bond donors (Lipinski definition) is 1. The average Bonchev–Trinajstić information content (AvgIpc) is 2.33. The molecule has 62 valence electrons. The molecule has 0 amide bonds. The first-order valence-electron chi connectivity index (χ1n) is 3.13. The van der Waals surface area contributed by atoms with Crippen LogP contribution in [0.2, 0.25) is 0 Å². The zero-order valence-corrected chi connectivity index (χ0v) is 8.23. The second kappa shape index (κ2) is 2.51. The van der Waals surface area contributed by atoms with Gasteiger partial charge in [-0.2, -0.15) is 0 Å². The lowest BCUT2D eigenvalue weighted by atomic mass is 10.5. The predicted octanol–water partition coefficient (Wildman–Crippen LogP) is -0.344. The maximum absolute atomic E-state index is 11.2.